The molecule has 1 atom stereocenters. The van der Waals surface area contributed by atoms with E-state index >= 15 is 0 Å². The van der Waals surface area contributed by atoms with Crippen LogP contribution in [0.25, 0.3) is 0 Å². The number of anilines is 1. The molecular formula is C25H33N3O4. The molecule has 1 aliphatic heterocycles. The zero-order chi connectivity index (χ0) is 22.9. The number of methoxy groups -OCH3 is 1. The van der Waals surface area contributed by atoms with Crippen molar-refractivity contribution in [3.63, 3.8) is 0 Å². The third-order valence-electron chi connectivity index (χ3n) is 5.76. The lowest BCUT2D eigenvalue weighted by atomic mass is 10.1. The van der Waals surface area contributed by atoms with Gasteiger partial charge in [-0.3, -0.25) is 14.6 Å². The second-order valence-electron chi connectivity index (χ2n) is 8.22. The molecule has 7 nitrogen and oxygen atoms in total. The molecular weight excluding hydrogens is 406 g/mol. The molecule has 1 unspecified atom stereocenters. The van der Waals surface area contributed by atoms with Gasteiger partial charge in [-0.1, -0.05) is 36.4 Å². The van der Waals surface area contributed by atoms with E-state index in [4.69, 9.17) is 9.47 Å². The molecule has 0 radical (unpaired) electrons. The van der Waals surface area contributed by atoms with Gasteiger partial charge in [0.1, 0.15) is 0 Å². The third-order valence-corrected chi connectivity index (χ3v) is 5.76. The maximum absolute atomic E-state index is 13.0. The SMILES string of the molecule is COC(=O)c1ccc(C)c(NC(=O)CN(Cc2ccccc2)C(C)CN2CCOCC2)c1. The number of nitrogens with one attached hydrogen (secondary N) is 1. The van der Waals surface area contributed by atoms with Gasteiger partial charge in [-0.15, -0.1) is 0 Å². The Hall–Kier alpha value is -2.74. The Bertz CT molecular complexity index is 897. The van der Waals surface area contributed by atoms with Crippen LogP contribution in [0, 0.1) is 6.92 Å². The molecule has 7 heteroatoms. The van der Waals surface area contributed by atoms with Crippen molar-refractivity contribution < 1.29 is 19.1 Å². The Balaban J connectivity index is 1.70. The number of nitrogens with zero attached hydrogens (tertiary/aromatic N) is 2. The maximum atomic E-state index is 13.0. The van der Waals surface area contributed by atoms with Crippen molar-refractivity contribution in [2.24, 2.45) is 0 Å². The molecule has 0 aromatic heterocycles. The summed E-state index contributed by atoms with van der Waals surface area (Å²) in [7, 11) is 1.34. The molecule has 0 saturated carbocycles. The molecule has 0 bridgehead atoms. The highest BCUT2D eigenvalue weighted by molar-refractivity contribution is 5.96. The predicted molar refractivity (Wildman–Crippen MR) is 125 cm³/mol. The fourth-order valence-electron chi connectivity index (χ4n) is 3.83. The second kappa shape index (κ2) is 11.8. The number of benzene rings is 2. The third kappa shape index (κ3) is 6.88. The Labute approximate surface area is 190 Å². The van der Waals surface area contributed by atoms with E-state index in [1.165, 1.54) is 7.11 Å². The first-order valence-corrected chi connectivity index (χ1v) is 11.0. The highest BCUT2D eigenvalue weighted by atomic mass is 16.5. The van der Waals surface area contributed by atoms with Crippen LogP contribution in [0.15, 0.2) is 48.5 Å². The van der Waals surface area contributed by atoms with Crippen LogP contribution >= 0.6 is 0 Å². The van der Waals surface area contributed by atoms with E-state index in [1.807, 2.05) is 31.2 Å². The Kier molecular flexibility index (Phi) is 8.79. The lowest BCUT2D eigenvalue weighted by molar-refractivity contribution is -0.118. The van der Waals surface area contributed by atoms with Crippen molar-refractivity contribution in [3.8, 4) is 0 Å². The Morgan fingerprint density at radius 2 is 1.88 bits per heavy atom. The largest absolute Gasteiger partial charge is 0.465 e. The molecule has 2 aromatic rings. The first-order chi connectivity index (χ1) is 15.5. The summed E-state index contributed by atoms with van der Waals surface area (Å²) < 4.78 is 10.3. The van der Waals surface area contributed by atoms with Gasteiger partial charge in [0.2, 0.25) is 5.91 Å². The maximum Gasteiger partial charge on any atom is 0.337 e. The number of esters is 1. The van der Waals surface area contributed by atoms with Gasteiger partial charge < -0.3 is 14.8 Å². The van der Waals surface area contributed by atoms with Crippen LogP contribution in [0.1, 0.15) is 28.4 Å². The first-order valence-electron chi connectivity index (χ1n) is 11.0. The number of aryl methyl sites for hydroxylation is 1. The molecule has 1 aliphatic rings. The summed E-state index contributed by atoms with van der Waals surface area (Å²) in [6, 6.07) is 15.5. The van der Waals surface area contributed by atoms with E-state index in [-0.39, 0.29) is 18.5 Å². The van der Waals surface area contributed by atoms with Gasteiger partial charge in [-0.05, 0) is 37.1 Å². The molecule has 1 fully saturated rings. The van der Waals surface area contributed by atoms with E-state index < -0.39 is 5.97 Å². The average molecular weight is 440 g/mol. The number of rotatable bonds is 9. The number of hydrogen-bond donors (Lipinski definition) is 1. The lowest BCUT2D eigenvalue weighted by Crippen LogP contribution is -2.47. The van der Waals surface area contributed by atoms with Gasteiger partial charge in [-0.2, -0.15) is 0 Å². The van der Waals surface area contributed by atoms with Gasteiger partial charge >= 0.3 is 5.97 Å². The molecule has 0 aliphatic carbocycles. The normalized spacial score (nSPS) is 15.4. The van der Waals surface area contributed by atoms with Crippen molar-refractivity contribution in [3.05, 3.63) is 65.2 Å². The van der Waals surface area contributed by atoms with Crippen molar-refractivity contribution in [2.75, 3.05) is 51.8 Å². The minimum absolute atomic E-state index is 0.111. The molecule has 172 valence electrons. The van der Waals surface area contributed by atoms with Crippen molar-refractivity contribution >= 4 is 17.6 Å². The molecule has 2 aromatic carbocycles. The monoisotopic (exact) mass is 439 g/mol. The lowest BCUT2D eigenvalue weighted by Gasteiger charge is -2.34. The number of amides is 1. The number of hydrogen-bond acceptors (Lipinski definition) is 6. The molecule has 32 heavy (non-hydrogen) atoms. The fourth-order valence-corrected chi connectivity index (χ4v) is 3.83. The van der Waals surface area contributed by atoms with Gasteiger partial charge in [0.15, 0.2) is 0 Å². The highest BCUT2D eigenvalue weighted by Gasteiger charge is 2.22. The average Bonchev–Trinajstić information content (AvgIpc) is 2.81. The van der Waals surface area contributed by atoms with Crippen molar-refractivity contribution in [1.82, 2.24) is 9.80 Å². The van der Waals surface area contributed by atoms with E-state index in [9.17, 15) is 9.59 Å². The van der Waals surface area contributed by atoms with Crippen LogP contribution in [0.5, 0.6) is 0 Å². The number of ether oxygens (including phenoxy) is 2. The van der Waals surface area contributed by atoms with Crippen LogP contribution in [-0.2, 0) is 20.8 Å². The number of carbonyl (C=O) groups is 2. The predicted octanol–water partition coefficient (Wildman–Crippen LogP) is 2.94. The van der Waals surface area contributed by atoms with Crippen molar-refractivity contribution in [2.45, 2.75) is 26.4 Å². The highest BCUT2D eigenvalue weighted by Crippen LogP contribution is 2.18. The van der Waals surface area contributed by atoms with Crippen molar-refractivity contribution in [1.29, 1.82) is 0 Å². The smallest absolute Gasteiger partial charge is 0.337 e. The Morgan fingerprint density at radius 3 is 2.56 bits per heavy atom. The van der Waals surface area contributed by atoms with E-state index in [1.54, 1.807) is 12.1 Å². The topological polar surface area (TPSA) is 71.1 Å². The zero-order valence-corrected chi connectivity index (χ0v) is 19.2. The second-order valence-corrected chi connectivity index (χ2v) is 8.22. The molecule has 3 rings (SSSR count). The van der Waals surface area contributed by atoms with E-state index in [2.05, 4.69) is 34.2 Å². The molecule has 1 saturated heterocycles. The standard InChI is InChI=1S/C25H33N3O4/c1-19-9-10-22(25(30)31-3)15-23(19)26-24(29)18-28(17-21-7-5-4-6-8-21)20(2)16-27-11-13-32-14-12-27/h4-10,15,20H,11-14,16-18H2,1-3H3,(H,26,29). The molecule has 1 N–H and O–H groups in total. The minimum Gasteiger partial charge on any atom is -0.465 e. The summed E-state index contributed by atoms with van der Waals surface area (Å²) in [6.07, 6.45) is 0. The minimum atomic E-state index is -0.426. The summed E-state index contributed by atoms with van der Waals surface area (Å²) in [6.45, 7) is 9.20. The van der Waals surface area contributed by atoms with Crippen LogP contribution in [0.2, 0.25) is 0 Å². The van der Waals surface area contributed by atoms with E-state index in [0.29, 0.717) is 17.8 Å². The summed E-state index contributed by atoms with van der Waals surface area (Å²) in [4.78, 5) is 29.5. The van der Waals surface area contributed by atoms with E-state index in [0.717, 1.165) is 44.0 Å². The van der Waals surface area contributed by atoms with Crippen LogP contribution in [0.4, 0.5) is 5.69 Å². The van der Waals surface area contributed by atoms with Gasteiger partial charge in [0.05, 0.1) is 32.4 Å². The first kappa shape index (κ1) is 23.9. The fraction of sp³-hybridized carbons (Fsp3) is 0.440. The zero-order valence-electron chi connectivity index (χ0n) is 19.2. The van der Waals surface area contributed by atoms with Gasteiger partial charge in [0.25, 0.3) is 0 Å². The summed E-state index contributed by atoms with van der Waals surface area (Å²) in [5.74, 6) is -0.537. The Morgan fingerprint density at radius 1 is 1.16 bits per heavy atom. The van der Waals surface area contributed by atoms with Gasteiger partial charge in [-0.25, -0.2) is 4.79 Å². The van der Waals surface area contributed by atoms with Crippen LogP contribution in [0.3, 0.4) is 0 Å². The number of carbonyl (C=O) groups excluding carboxylic acids is 2. The quantitative estimate of drug-likeness (QED) is 0.606. The van der Waals surface area contributed by atoms with Crippen LogP contribution in [-0.4, -0.2) is 74.2 Å². The molecule has 1 heterocycles. The molecule has 1 amide bonds. The molecule has 0 spiro atoms. The summed E-state index contributed by atoms with van der Waals surface area (Å²) in [5, 5.41) is 2.98. The number of morpholine rings is 1. The van der Waals surface area contributed by atoms with Gasteiger partial charge in [0, 0.05) is 37.9 Å². The van der Waals surface area contributed by atoms with Crippen LogP contribution < -0.4 is 5.32 Å². The summed E-state index contributed by atoms with van der Waals surface area (Å²) >= 11 is 0. The summed E-state index contributed by atoms with van der Waals surface area (Å²) in [5.41, 5.74) is 3.09.